The van der Waals surface area contributed by atoms with Gasteiger partial charge in [-0.05, 0) is 86.3 Å². The predicted molar refractivity (Wildman–Crippen MR) is 95.7 cm³/mol. The number of hydrogen-bond donors (Lipinski definition) is 1. The molecule has 2 rings (SSSR count). The molecular weight excluding hydrogens is 571 g/mol. The molecule has 18 heavy (non-hydrogen) atoms. The lowest BCUT2D eigenvalue weighted by Gasteiger charge is -2.46. The molecule has 0 saturated carbocycles. The molecule has 1 aromatic rings. The molecule has 1 N–H and O–H groups in total. The Bertz CT molecular complexity index is 498. The maximum Gasteiger partial charge on any atom is 0.255 e. The number of carbonyl (C=O) groups is 1. The molecule has 0 aliphatic carbocycles. The van der Waals surface area contributed by atoms with E-state index in [1.807, 2.05) is 13.0 Å². The molecule has 0 aromatic heterocycles. The third-order valence-corrected chi connectivity index (χ3v) is 6.81. The highest BCUT2D eigenvalue weighted by Crippen LogP contribution is 2.29. The first-order valence-electron chi connectivity index (χ1n) is 5.52. The number of benzene rings is 1. The van der Waals surface area contributed by atoms with Gasteiger partial charge in [-0.1, -0.05) is 6.92 Å². The molecule has 1 fully saturated rings. The van der Waals surface area contributed by atoms with E-state index in [9.17, 15) is 9.90 Å². The normalized spacial score (nSPS) is 17.5. The summed E-state index contributed by atoms with van der Waals surface area (Å²) in [5.74, 6) is 0.0222. The van der Waals surface area contributed by atoms with Crippen molar-refractivity contribution >= 4 is 73.7 Å². The van der Waals surface area contributed by atoms with Gasteiger partial charge in [0, 0.05) is 10.7 Å². The van der Waals surface area contributed by atoms with Gasteiger partial charge in [-0.3, -0.25) is 4.79 Å². The SMILES string of the molecule is CCC1(O)CN(C(=O)c2cc(I)cc(I)c2I)C1. The van der Waals surface area contributed by atoms with Crippen LogP contribution in [0, 0.1) is 10.7 Å². The Morgan fingerprint density at radius 2 is 2.00 bits per heavy atom. The summed E-state index contributed by atoms with van der Waals surface area (Å²) in [6.07, 6.45) is 0.692. The molecule has 0 bridgehead atoms. The molecule has 0 radical (unpaired) electrons. The van der Waals surface area contributed by atoms with Gasteiger partial charge in [-0.25, -0.2) is 0 Å². The molecule has 1 saturated heterocycles. The highest BCUT2D eigenvalue weighted by molar-refractivity contribution is 14.1. The summed E-state index contributed by atoms with van der Waals surface area (Å²) in [4.78, 5) is 14.1. The van der Waals surface area contributed by atoms with Gasteiger partial charge >= 0.3 is 0 Å². The smallest absolute Gasteiger partial charge is 0.255 e. The monoisotopic (exact) mass is 583 g/mol. The van der Waals surface area contributed by atoms with Crippen LogP contribution in [0.3, 0.4) is 0 Å². The number of β-amino-alcohol motifs (C(OH)–C–C–N with tert-alkyl or cyclic N) is 1. The molecule has 3 nitrogen and oxygen atoms in total. The zero-order valence-electron chi connectivity index (χ0n) is 9.71. The topological polar surface area (TPSA) is 40.5 Å². The van der Waals surface area contributed by atoms with E-state index in [1.54, 1.807) is 4.90 Å². The third kappa shape index (κ3) is 2.95. The summed E-state index contributed by atoms with van der Waals surface area (Å²) in [5, 5.41) is 9.96. The Hall–Kier alpha value is 0.840. The summed E-state index contributed by atoms with van der Waals surface area (Å²) >= 11 is 6.67. The number of aliphatic hydroxyl groups is 1. The van der Waals surface area contributed by atoms with Crippen LogP contribution in [-0.2, 0) is 0 Å². The van der Waals surface area contributed by atoms with Gasteiger partial charge < -0.3 is 10.0 Å². The van der Waals surface area contributed by atoms with Gasteiger partial charge in [0.15, 0.2) is 0 Å². The quantitative estimate of drug-likeness (QED) is 0.430. The summed E-state index contributed by atoms with van der Waals surface area (Å²) in [5.41, 5.74) is 0.0703. The zero-order valence-corrected chi connectivity index (χ0v) is 16.2. The molecule has 0 spiro atoms. The summed E-state index contributed by atoms with van der Waals surface area (Å²) in [7, 11) is 0. The average Bonchev–Trinajstić information content (AvgIpc) is 2.28. The van der Waals surface area contributed by atoms with Crippen molar-refractivity contribution in [2.45, 2.75) is 18.9 Å². The van der Waals surface area contributed by atoms with Crippen LogP contribution >= 0.6 is 67.8 Å². The number of nitrogens with zero attached hydrogens (tertiary/aromatic N) is 1. The van der Waals surface area contributed by atoms with E-state index >= 15 is 0 Å². The number of halogens is 3. The van der Waals surface area contributed by atoms with E-state index in [2.05, 4.69) is 73.8 Å². The van der Waals surface area contributed by atoms with E-state index in [1.165, 1.54) is 0 Å². The minimum Gasteiger partial charge on any atom is -0.386 e. The highest BCUT2D eigenvalue weighted by atomic mass is 127. The third-order valence-electron chi connectivity index (χ3n) is 3.14. The second-order valence-electron chi connectivity index (χ2n) is 4.49. The number of carbonyl (C=O) groups excluding carboxylic acids is 1. The zero-order chi connectivity index (χ0) is 13.5. The van der Waals surface area contributed by atoms with Crippen LogP contribution in [0.1, 0.15) is 23.7 Å². The van der Waals surface area contributed by atoms with Crippen LogP contribution in [0.4, 0.5) is 0 Å². The predicted octanol–water partition coefficient (Wildman–Crippen LogP) is 3.10. The molecule has 0 unspecified atom stereocenters. The van der Waals surface area contributed by atoms with Gasteiger partial charge in [0.2, 0.25) is 0 Å². The van der Waals surface area contributed by atoms with Crippen molar-refractivity contribution in [2.75, 3.05) is 13.1 Å². The Balaban J connectivity index is 2.21. The molecule has 1 aliphatic rings. The highest BCUT2D eigenvalue weighted by Gasteiger charge is 2.42. The standard InChI is InChI=1S/C12H12I3NO2/c1-2-12(18)5-16(6-12)11(17)8-3-7(13)4-9(14)10(8)15/h3-4,18H,2,5-6H2,1H3. The summed E-state index contributed by atoms with van der Waals surface area (Å²) < 4.78 is 3.15. The van der Waals surface area contributed by atoms with Crippen molar-refractivity contribution in [3.05, 3.63) is 28.4 Å². The lowest BCUT2D eigenvalue weighted by atomic mass is 9.90. The van der Waals surface area contributed by atoms with E-state index in [-0.39, 0.29) is 5.91 Å². The molecule has 1 amide bonds. The van der Waals surface area contributed by atoms with Crippen molar-refractivity contribution < 1.29 is 9.90 Å². The van der Waals surface area contributed by atoms with Crippen molar-refractivity contribution in [1.29, 1.82) is 0 Å². The van der Waals surface area contributed by atoms with Gasteiger partial charge in [0.05, 0.1) is 24.3 Å². The fourth-order valence-corrected chi connectivity index (χ4v) is 4.30. The minimum atomic E-state index is -0.670. The van der Waals surface area contributed by atoms with Crippen molar-refractivity contribution in [3.8, 4) is 0 Å². The molecule has 0 atom stereocenters. The van der Waals surface area contributed by atoms with Gasteiger partial charge in [-0.15, -0.1) is 0 Å². The Labute approximate surface area is 147 Å². The van der Waals surface area contributed by atoms with E-state index in [0.29, 0.717) is 19.5 Å². The lowest BCUT2D eigenvalue weighted by molar-refractivity contribution is -0.0826. The summed E-state index contributed by atoms with van der Waals surface area (Å²) in [6, 6.07) is 3.97. The molecule has 1 aromatic carbocycles. The first-order valence-corrected chi connectivity index (χ1v) is 8.76. The van der Waals surface area contributed by atoms with Gasteiger partial charge in [0.25, 0.3) is 5.91 Å². The lowest BCUT2D eigenvalue weighted by Crippen LogP contribution is -2.63. The van der Waals surface area contributed by atoms with Crippen LogP contribution in [0.2, 0.25) is 0 Å². The maximum atomic E-state index is 12.4. The van der Waals surface area contributed by atoms with Crippen LogP contribution in [0.25, 0.3) is 0 Å². The maximum absolute atomic E-state index is 12.4. The second kappa shape index (κ2) is 5.68. The summed E-state index contributed by atoms with van der Waals surface area (Å²) in [6.45, 7) is 2.83. The molecule has 1 heterocycles. The average molecular weight is 583 g/mol. The van der Waals surface area contributed by atoms with Crippen molar-refractivity contribution in [2.24, 2.45) is 0 Å². The fourth-order valence-electron chi connectivity index (χ4n) is 1.91. The number of likely N-dealkylation sites (tertiary alicyclic amines) is 1. The molecule has 1 aliphatic heterocycles. The van der Waals surface area contributed by atoms with Crippen molar-refractivity contribution in [1.82, 2.24) is 4.90 Å². The number of hydrogen-bond acceptors (Lipinski definition) is 2. The van der Waals surface area contributed by atoms with E-state index in [4.69, 9.17) is 0 Å². The molecule has 6 heteroatoms. The Morgan fingerprint density at radius 1 is 1.39 bits per heavy atom. The van der Waals surface area contributed by atoms with Crippen LogP contribution < -0.4 is 0 Å². The van der Waals surface area contributed by atoms with Crippen LogP contribution in [0.5, 0.6) is 0 Å². The van der Waals surface area contributed by atoms with Gasteiger partial charge in [-0.2, -0.15) is 0 Å². The van der Waals surface area contributed by atoms with Gasteiger partial charge in [0.1, 0.15) is 0 Å². The fraction of sp³-hybridized carbons (Fsp3) is 0.417. The Kier molecular flexibility index (Phi) is 4.81. The first-order chi connectivity index (χ1) is 8.36. The first kappa shape index (κ1) is 15.2. The molecular formula is C12H12I3NO2. The van der Waals surface area contributed by atoms with Crippen LogP contribution in [0.15, 0.2) is 12.1 Å². The largest absolute Gasteiger partial charge is 0.386 e. The second-order valence-corrected chi connectivity index (χ2v) is 7.97. The van der Waals surface area contributed by atoms with Crippen molar-refractivity contribution in [3.63, 3.8) is 0 Å². The van der Waals surface area contributed by atoms with E-state index < -0.39 is 5.60 Å². The van der Waals surface area contributed by atoms with E-state index in [0.717, 1.165) is 16.3 Å². The van der Waals surface area contributed by atoms with Crippen LogP contribution in [-0.4, -0.2) is 34.6 Å². The number of amides is 1. The Morgan fingerprint density at radius 3 is 2.56 bits per heavy atom. The minimum absolute atomic E-state index is 0.0222. The number of rotatable bonds is 2. The molecule has 98 valence electrons.